The summed E-state index contributed by atoms with van der Waals surface area (Å²) in [6.45, 7) is 8.19. The Kier molecular flexibility index (Phi) is 5.54. The third kappa shape index (κ3) is 4.30. The molecule has 0 bridgehead atoms. The number of aryl methyl sites for hydroxylation is 1. The molecular weight excluding hydrogens is 298 g/mol. The minimum Gasteiger partial charge on any atom is -0.353 e. The van der Waals surface area contributed by atoms with Gasteiger partial charge in [-0.15, -0.1) is 5.10 Å². The number of amides is 1. The number of hydrogen-bond acceptors (Lipinski definition) is 5. The highest BCUT2D eigenvalue weighted by atomic mass is 32.2. The van der Waals surface area contributed by atoms with Crippen LogP contribution in [0.4, 0.5) is 0 Å². The van der Waals surface area contributed by atoms with E-state index in [0.717, 1.165) is 5.69 Å². The highest BCUT2D eigenvalue weighted by molar-refractivity contribution is 7.99. The van der Waals surface area contributed by atoms with E-state index in [-0.39, 0.29) is 11.9 Å². The summed E-state index contributed by atoms with van der Waals surface area (Å²) >= 11 is 1.33. The van der Waals surface area contributed by atoms with E-state index in [1.54, 1.807) is 4.68 Å². The summed E-state index contributed by atoms with van der Waals surface area (Å²) in [6.07, 6.45) is 0. The van der Waals surface area contributed by atoms with Crippen LogP contribution in [0.15, 0.2) is 29.4 Å². The molecule has 0 aliphatic heterocycles. The van der Waals surface area contributed by atoms with Crippen LogP contribution in [0.5, 0.6) is 0 Å². The van der Waals surface area contributed by atoms with Gasteiger partial charge in [0.15, 0.2) is 0 Å². The van der Waals surface area contributed by atoms with Crippen LogP contribution in [0.2, 0.25) is 0 Å². The molecule has 0 aliphatic rings. The standard InChI is InChI=1S/C15H21N5OS/c1-10(2)12(4)16-14(21)9-22-15-17-18-19-20(15)13-7-5-11(3)6-8-13/h5-8,10,12H,9H2,1-4H3,(H,16,21)/t12-/m0/s1. The molecule has 1 aromatic heterocycles. The number of benzene rings is 1. The zero-order valence-electron chi connectivity index (χ0n) is 13.3. The Morgan fingerprint density at radius 2 is 1.95 bits per heavy atom. The third-order valence-electron chi connectivity index (χ3n) is 3.44. The molecule has 118 valence electrons. The van der Waals surface area contributed by atoms with E-state index in [0.29, 0.717) is 16.8 Å². The van der Waals surface area contributed by atoms with Crippen LogP contribution >= 0.6 is 11.8 Å². The number of carbonyl (C=O) groups is 1. The average Bonchev–Trinajstić information content (AvgIpc) is 2.94. The van der Waals surface area contributed by atoms with Crippen molar-refractivity contribution >= 4 is 17.7 Å². The van der Waals surface area contributed by atoms with Crippen LogP contribution in [-0.2, 0) is 4.79 Å². The van der Waals surface area contributed by atoms with Crippen molar-refractivity contribution in [2.75, 3.05) is 5.75 Å². The maximum absolute atomic E-state index is 11.9. The molecule has 2 rings (SSSR count). The summed E-state index contributed by atoms with van der Waals surface area (Å²) in [4.78, 5) is 11.9. The molecule has 0 aliphatic carbocycles. The Morgan fingerprint density at radius 1 is 1.27 bits per heavy atom. The summed E-state index contributed by atoms with van der Waals surface area (Å²) in [5, 5.41) is 15.2. The van der Waals surface area contributed by atoms with Gasteiger partial charge in [0, 0.05) is 6.04 Å². The fourth-order valence-corrected chi connectivity index (χ4v) is 2.41. The van der Waals surface area contributed by atoms with Gasteiger partial charge in [-0.05, 0) is 42.3 Å². The van der Waals surface area contributed by atoms with Crippen LogP contribution in [0.25, 0.3) is 5.69 Å². The van der Waals surface area contributed by atoms with E-state index in [9.17, 15) is 4.79 Å². The largest absolute Gasteiger partial charge is 0.353 e. The lowest BCUT2D eigenvalue weighted by atomic mass is 10.1. The Balaban J connectivity index is 1.99. The van der Waals surface area contributed by atoms with Gasteiger partial charge < -0.3 is 5.32 Å². The molecule has 0 radical (unpaired) electrons. The number of nitrogens with one attached hydrogen (secondary N) is 1. The van der Waals surface area contributed by atoms with E-state index in [4.69, 9.17) is 0 Å². The van der Waals surface area contributed by atoms with Gasteiger partial charge in [-0.3, -0.25) is 4.79 Å². The van der Waals surface area contributed by atoms with Crippen LogP contribution < -0.4 is 5.32 Å². The quantitative estimate of drug-likeness (QED) is 0.827. The molecule has 6 nitrogen and oxygen atoms in total. The van der Waals surface area contributed by atoms with Crippen molar-refractivity contribution in [2.45, 2.75) is 38.9 Å². The average molecular weight is 319 g/mol. The van der Waals surface area contributed by atoms with Gasteiger partial charge in [0.05, 0.1) is 11.4 Å². The molecule has 22 heavy (non-hydrogen) atoms. The normalized spacial score (nSPS) is 12.4. The molecule has 1 atom stereocenters. The van der Waals surface area contributed by atoms with Crippen molar-refractivity contribution in [1.29, 1.82) is 0 Å². The van der Waals surface area contributed by atoms with Gasteiger partial charge >= 0.3 is 0 Å². The van der Waals surface area contributed by atoms with Crippen LogP contribution in [0.3, 0.4) is 0 Å². The van der Waals surface area contributed by atoms with Crippen molar-refractivity contribution in [3.63, 3.8) is 0 Å². The number of thioether (sulfide) groups is 1. The van der Waals surface area contributed by atoms with Gasteiger partial charge in [0.25, 0.3) is 0 Å². The van der Waals surface area contributed by atoms with Crippen LogP contribution in [0, 0.1) is 12.8 Å². The highest BCUT2D eigenvalue weighted by Crippen LogP contribution is 2.18. The second-order valence-corrected chi connectivity index (χ2v) is 6.54. The molecule has 7 heteroatoms. The monoisotopic (exact) mass is 319 g/mol. The first kappa shape index (κ1) is 16.5. The minimum atomic E-state index is -0.00958. The van der Waals surface area contributed by atoms with Crippen molar-refractivity contribution in [1.82, 2.24) is 25.5 Å². The van der Waals surface area contributed by atoms with E-state index >= 15 is 0 Å². The van der Waals surface area contributed by atoms with E-state index in [1.165, 1.54) is 17.3 Å². The first-order valence-electron chi connectivity index (χ1n) is 7.25. The number of rotatable bonds is 6. The van der Waals surface area contributed by atoms with Crippen molar-refractivity contribution in [2.24, 2.45) is 5.92 Å². The van der Waals surface area contributed by atoms with E-state index < -0.39 is 0 Å². The Hall–Kier alpha value is -1.89. The molecule has 0 saturated carbocycles. The smallest absolute Gasteiger partial charge is 0.230 e. The van der Waals surface area contributed by atoms with Gasteiger partial charge in [0.1, 0.15) is 0 Å². The van der Waals surface area contributed by atoms with Crippen molar-refractivity contribution in [3.8, 4) is 5.69 Å². The van der Waals surface area contributed by atoms with Crippen molar-refractivity contribution in [3.05, 3.63) is 29.8 Å². The molecule has 1 aromatic carbocycles. The summed E-state index contributed by atoms with van der Waals surface area (Å²) in [7, 11) is 0. The van der Waals surface area contributed by atoms with Crippen molar-refractivity contribution < 1.29 is 4.79 Å². The van der Waals surface area contributed by atoms with Crippen LogP contribution in [0.1, 0.15) is 26.3 Å². The summed E-state index contributed by atoms with van der Waals surface area (Å²) in [5.41, 5.74) is 2.06. The molecular formula is C15H21N5OS. The lowest BCUT2D eigenvalue weighted by Crippen LogP contribution is -2.37. The minimum absolute atomic E-state index is 0.00958. The zero-order valence-corrected chi connectivity index (χ0v) is 14.1. The molecule has 0 fully saturated rings. The molecule has 1 heterocycles. The van der Waals surface area contributed by atoms with Gasteiger partial charge in [-0.25, -0.2) is 0 Å². The zero-order chi connectivity index (χ0) is 16.1. The lowest BCUT2D eigenvalue weighted by Gasteiger charge is -2.17. The first-order chi connectivity index (χ1) is 10.5. The predicted octanol–water partition coefficient (Wildman–Crippen LogP) is 2.22. The highest BCUT2D eigenvalue weighted by Gasteiger charge is 2.14. The molecule has 0 spiro atoms. The van der Waals surface area contributed by atoms with E-state index in [2.05, 4.69) is 34.7 Å². The van der Waals surface area contributed by atoms with Gasteiger partial charge in [-0.2, -0.15) is 4.68 Å². The summed E-state index contributed by atoms with van der Waals surface area (Å²) in [6, 6.07) is 8.07. The molecule has 0 saturated heterocycles. The maximum Gasteiger partial charge on any atom is 0.230 e. The van der Waals surface area contributed by atoms with Crippen LogP contribution in [-0.4, -0.2) is 37.9 Å². The molecule has 1 N–H and O–H groups in total. The molecule has 1 amide bonds. The molecule has 2 aromatic rings. The first-order valence-corrected chi connectivity index (χ1v) is 8.23. The van der Waals surface area contributed by atoms with Gasteiger partial charge in [-0.1, -0.05) is 43.3 Å². The Labute approximate surface area is 134 Å². The topological polar surface area (TPSA) is 72.7 Å². The number of aromatic nitrogens is 4. The SMILES string of the molecule is Cc1ccc(-n2nnnc2SCC(=O)N[C@@H](C)C(C)C)cc1. The number of hydrogen-bond donors (Lipinski definition) is 1. The number of tetrazole rings is 1. The second-order valence-electron chi connectivity index (χ2n) is 5.60. The van der Waals surface area contributed by atoms with E-state index in [1.807, 2.05) is 38.1 Å². The number of carbonyl (C=O) groups excluding carboxylic acids is 1. The fourth-order valence-electron chi connectivity index (χ4n) is 1.71. The third-order valence-corrected chi connectivity index (χ3v) is 4.36. The lowest BCUT2D eigenvalue weighted by molar-refractivity contribution is -0.119. The maximum atomic E-state index is 11.9. The number of nitrogens with zero attached hydrogens (tertiary/aromatic N) is 4. The second kappa shape index (κ2) is 7.40. The predicted molar refractivity (Wildman–Crippen MR) is 87.1 cm³/mol. The van der Waals surface area contributed by atoms with Gasteiger partial charge in [0.2, 0.25) is 11.1 Å². The Bertz CT molecular complexity index is 623. The fraction of sp³-hybridized carbons (Fsp3) is 0.467. The summed E-state index contributed by atoms with van der Waals surface area (Å²) in [5.74, 6) is 0.694. The summed E-state index contributed by atoms with van der Waals surface area (Å²) < 4.78 is 1.64. The Morgan fingerprint density at radius 3 is 2.59 bits per heavy atom. The molecule has 0 unspecified atom stereocenters.